The Balaban J connectivity index is 1.21. The van der Waals surface area contributed by atoms with Gasteiger partial charge in [-0.05, 0) is 87.7 Å². The van der Waals surface area contributed by atoms with Crippen LogP contribution in [0.25, 0.3) is 11.0 Å². The molecule has 31 heavy (non-hydrogen) atoms. The van der Waals surface area contributed by atoms with Gasteiger partial charge in [0.05, 0.1) is 5.39 Å². The van der Waals surface area contributed by atoms with E-state index in [9.17, 15) is 14.4 Å². The lowest BCUT2D eigenvalue weighted by Crippen LogP contribution is -2.56. The number of nitrogens with one attached hydrogen (secondary N) is 1. The van der Waals surface area contributed by atoms with Gasteiger partial charge in [-0.2, -0.15) is 0 Å². The third kappa shape index (κ3) is 3.77. The summed E-state index contributed by atoms with van der Waals surface area (Å²) in [6, 6.07) is 6.37. The van der Waals surface area contributed by atoms with Crippen LogP contribution in [0.3, 0.4) is 0 Å². The maximum atomic E-state index is 12.5. The highest BCUT2D eigenvalue weighted by Gasteiger charge is 2.53. The summed E-state index contributed by atoms with van der Waals surface area (Å²) in [5.41, 5.74) is 1.14. The van der Waals surface area contributed by atoms with Crippen molar-refractivity contribution in [3.8, 4) is 0 Å². The molecule has 164 valence electrons. The van der Waals surface area contributed by atoms with Gasteiger partial charge in [-0.25, -0.2) is 4.79 Å². The van der Waals surface area contributed by atoms with Crippen LogP contribution in [-0.2, 0) is 9.53 Å². The lowest BCUT2D eigenvalue weighted by molar-refractivity contribution is -0.128. The summed E-state index contributed by atoms with van der Waals surface area (Å²) in [5, 5.41) is 3.50. The summed E-state index contributed by atoms with van der Waals surface area (Å²) in [7, 11) is 0. The number of carbonyl (C=O) groups excluding carboxylic acids is 2. The molecule has 4 aliphatic carbocycles. The molecule has 6 heteroatoms. The summed E-state index contributed by atoms with van der Waals surface area (Å²) in [6.07, 6.45) is 7.65. The van der Waals surface area contributed by atoms with Crippen LogP contribution in [0, 0.1) is 30.1 Å². The van der Waals surface area contributed by atoms with E-state index in [2.05, 4.69) is 12.2 Å². The fourth-order valence-electron chi connectivity index (χ4n) is 6.72. The Hall–Kier alpha value is -2.63. The molecule has 1 N–H and O–H groups in total. The van der Waals surface area contributed by atoms with E-state index in [1.54, 1.807) is 18.2 Å². The molecule has 0 unspecified atom stereocenters. The molecule has 0 saturated heterocycles. The third-order valence-corrected chi connectivity index (χ3v) is 7.80. The topological polar surface area (TPSA) is 85.6 Å². The molecule has 4 fully saturated rings. The normalized spacial score (nSPS) is 29.7. The quantitative estimate of drug-likeness (QED) is 0.735. The zero-order valence-electron chi connectivity index (χ0n) is 18.1. The Morgan fingerprint density at radius 1 is 1.13 bits per heavy atom. The van der Waals surface area contributed by atoms with Gasteiger partial charge in [-0.15, -0.1) is 0 Å². The summed E-state index contributed by atoms with van der Waals surface area (Å²) >= 11 is 0. The second-order valence-corrected chi connectivity index (χ2v) is 10.1. The van der Waals surface area contributed by atoms with Crippen molar-refractivity contribution in [1.82, 2.24) is 5.32 Å². The summed E-state index contributed by atoms with van der Waals surface area (Å²) in [4.78, 5) is 37.2. The number of carbonyl (C=O) groups is 2. The molecule has 4 saturated carbocycles. The van der Waals surface area contributed by atoms with Gasteiger partial charge in [-0.1, -0.05) is 11.6 Å². The van der Waals surface area contributed by atoms with Crippen molar-refractivity contribution in [3.63, 3.8) is 0 Å². The Morgan fingerprint density at radius 2 is 1.77 bits per heavy atom. The predicted molar refractivity (Wildman–Crippen MR) is 116 cm³/mol. The molecule has 1 aromatic carbocycles. The first-order valence-electron chi connectivity index (χ1n) is 11.3. The van der Waals surface area contributed by atoms with E-state index in [1.807, 2.05) is 6.92 Å². The number of fused-ring (bicyclic) bond motifs is 1. The van der Waals surface area contributed by atoms with E-state index in [-0.39, 0.29) is 35.2 Å². The molecule has 0 spiro atoms. The summed E-state index contributed by atoms with van der Waals surface area (Å²) < 4.78 is 10.7. The van der Waals surface area contributed by atoms with Gasteiger partial charge in [0.25, 0.3) is 5.91 Å². The second-order valence-electron chi connectivity index (χ2n) is 10.1. The van der Waals surface area contributed by atoms with Crippen LogP contribution >= 0.6 is 0 Å². The fraction of sp³-hybridized carbons (Fsp3) is 0.560. The third-order valence-electron chi connectivity index (χ3n) is 7.80. The molecule has 1 heterocycles. The minimum absolute atomic E-state index is 0.0638. The number of rotatable bonds is 5. The maximum absolute atomic E-state index is 12.5. The molecule has 4 aliphatic rings. The van der Waals surface area contributed by atoms with Crippen LogP contribution in [0.5, 0.6) is 0 Å². The molecular formula is C25H29NO5. The van der Waals surface area contributed by atoms with Crippen LogP contribution in [-0.4, -0.2) is 24.5 Å². The zero-order valence-corrected chi connectivity index (χ0v) is 18.1. The number of amides is 1. The second kappa shape index (κ2) is 7.50. The maximum Gasteiger partial charge on any atom is 0.374 e. The average molecular weight is 424 g/mol. The highest BCUT2D eigenvalue weighted by Crippen LogP contribution is 2.61. The van der Waals surface area contributed by atoms with Crippen molar-refractivity contribution >= 4 is 22.8 Å². The summed E-state index contributed by atoms with van der Waals surface area (Å²) in [5.74, 6) is 1.12. The van der Waals surface area contributed by atoms with Gasteiger partial charge < -0.3 is 14.5 Å². The van der Waals surface area contributed by atoms with Gasteiger partial charge in [0, 0.05) is 12.1 Å². The van der Waals surface area contributed by atoms with E-state index >= 15 is 0 Å². The molecular weight excluding hydrogens is 394 g/mol. The first kappa shape index (κ1) is 20.3. The number of hydrogen-bond acceptors (Lipinski definition) is 5. The summed E-state index contributed by atoms with van der Waals surface area (Å²) in [6.45, 7) is 3.59. The van der Waals surface area contributed by atoms with Crippen molar-refractivity contribution in [2.75, 3.05) is 6.61 Å². The monoisotopic (exact) mass is 423 g/mol. The first-order valence-corrected chi connectivity index (χ1v) is 11.3. The highest BCUT2D eigenvalue weighted by molar-refractivity contribution is 5.90. The van der Waals surface area contributed by atoms with E-state index in [0.29, 0.717) is 11.0 Å². The highest BCUT2D eigenvalue weighted by atomic mass is 16.5. The lowest BCUT2D eigenvalue weighted by Gasteiger charge is -2.59. The van der Waals surface area contributed by atoms with Crippen molar-refractivity contribution in [1.29, 1.82) is 0 Å². The Labute approximate surface area is 181 Å². The van der Waals surface area contributed by atoms with Gasteiger partial charge in [0.1, 0.15) is 5.58 Å². The van der Waals surface area contributed by atoms with Crippen molar-refractivity contribution in [2.24, 2.45) is 23.2 Å². The number of ether oxygens (including phenoxy) is 1. The Morgan fingerprint density at radius 3 is 2.42 bits per heavy atom. The Kier molecular flexibility index (Phi) is 4.91. The van der Waals surface area contributed by atoms with E-state index < -0.39 is 5.97 Å². The number of hydrogen-bond donors (Lipinski definition) is 1. The van der Waals surface area contributed by atoms with Crippen LogP contribution in [0.15, 0.2) is 33.5 Å². The fourth-order valence-corrected chi connectivity index (χ4v) is 6.72. The average Bonchev–Trinajstić information content (AvgIpc) is 2.71. The predicted octanol–water partition coefficient (Wildman–Crippen LogP) is 3.98. The minimum atomic E-state index is -0.808. The molecule has 1 amide bonds. The largest absolute Gasteiger partial charge is 0.450 e. The van der Waals surface area contributed by atoms with Gasteiger partial charge in [-0.3, -0.25) is 9.59 Å². The van der Waals surface area contributed by atoms with Crippen LogP contribution < -0.4 is 10.7 Å². The van der Waals surface area contributed by atoms with Crippen LogP contribution in [0.2, 0.25) is 0 Å². The molecule has 6 nitrogen and oxygen atoms in total. The van der Waals surface area contributed by atoms with E-state index in [4.69, 9.17) is 9.15 Å². The van der Waals surface area contributed by atoms with Crippen molar-refractivity contribution in [2.45, 2.75) is 58.4 Å². The van der Waals surface area contributed by atoms with Crippen LogP contribution in [0.1, 0.15) is 61.6 Å². The number of esters is 1. The zero-order chi connectivity index (χ0) is 21.8. The molecule has 1 atom stereocenters. The van der Waals surface area contributed by atoms with Crippen molar-refractivity contribution in [3.05, 3.63) is 45.8 Å². The number of benzene rings is 1. The van der Waals surface area contributed by atoms with Crippen molar-refractivity contribution < 1.29 is 18.7 Å². The standard InChI is InChI=1S/C25H29NO5/c1-14-3-4-21-19(5-14)20(27)9-22(31-21)24(29)30-13-23(28)26-15(2)25-10-16-6-17(11-25)8-18(7-16)12-25/h3-5,9,15-18H,6-8,10-13H2,1-2H3,(H,26,28)/t15-,16?,17?,18?,25?/m0/s1. The molecule has 0 radical (unpaired) electrons. The molecule has 6 rings (SSSR count). The molecule has 4 bridgehead atoms. The molecule has 2 aromatic rings. The lowest BCUT2D eigenvalue weighted by atomic mass is 9.48. The van der Waals surface area contributed by atoms with Gasteiger partial charge in [0.2, 0.25) is 5.76 Å². The number of aryl methyl sites for hydroxylation is 1. The van der Waals surface area contributed by atoms with E-state index in [1.165, 1.54) is 38.5 Å². The minimum Gasteiger partial charge on any atom is -0.450 e. The Bertz CT molecular complexity index is 1070. The molecule has 1 aromatic heterocycles. The van der Waals surface area contributed by atoms with Gasteiger partial charge in [0.15, 0.2) is 12.0 Å². The van der Waals surface area contributed by atoms with E-state index in [0.717, 1.165) is 29.4 Å². The smallest absolute Gasteiger partial charge is 0.374 e. The SMILES string of the molecule is Cc1ccc2oc(C(=O)OCC(=O)N[C@@H](C)C34CC5CC(CC(C5)C3)C4)cc(=O)c2c1. The van der Waals surface area contributed by atoms with Gasteiger partial charge >= 0.3 is 5.97 Å². The molecule has 0 aliphatic heterocycles. The first-order chi connectivity index (χ1) is 14.8. The van der Waals surface area contributed by atoms with Crippen LogP contribution in [0.4, 0.5) is 0 Å².